The fourth-order valence-corrected chi connectivity index (χ4v) is 2.19. The molecule has 0 spiro atoms. The van der Waals surface area contributed by atoms with E-state index >= 15 is 0 Å². The number of aliphatic carboxylic acids is 1. The molecule has 20 heavy (non-hydrogen) atoms. The Hall–Kier alpha value is -1.82. The molecule has 5 nitrogen and oxygen atoms in total. The maximum absolute atomic E-state index is 12.2. The molecular weight excluding hydrogens is 324 g/mol. The van der Waals surface area contributed by atoms with Gasteiger partial charge in [-0.25, -0.2) is 4.79 Å². The minimum Gasteiger partial charge on any atom is -0.480 e. The molecule has 1 aromatic rings. The molecule has 108 valence electrons. The lowest BCUT2D eigenvalue weighted by atomic mass is 10.2. The van der Waals surface area contributed by atoms with Crippen LogP contribution in [0, 0.1) is 0 Å². The molecule has 0 atom stereocenters. The summed E-state index contributed by atoms with van der Waals surface area (Å²) in [5, 5.41) is 8.81. The van der Waals surface area contributed by atoms with Crippen molar-refractivity contribution in [2.24, 2.45) is 0 Å². The molecule has 0 fully saturated rings. The van der Waals surface area contributed by atoms with Crippen molar-refractivity contribution in [1.82, 2.24) is 9.80 Å². The maximum atomic E-state index is 12.2. The number of hydrogen-bond acceptors (Lipinski definition) is 2. The number of carbonyl (C=O) groups excluding carboxylic acids is 1. The van der Waals surface area contributed by atoms with E-state index in [2.05, 4.69) is 22.5 Å². The van der Waals surface area contributed by atoms with Gasteiger partial charge in [0, 0.05) is 24.6 Å². The Labute approximate surface area is 126 Å². The Kier molecular flexibility index (Phi) is 6.24. The van der Waals surface area contributed by atoms with E-state index in [4.69, 9.17) is 5.11 Å². The van der Waals surface area contributed by atoms with Crippen LogP contribution in [0.5, 0.6) is 0 Å². The third-order valence-corrected chi connectivity index (χ3v) is 3.07. The molecule has 0 aliphatic heterocycles. The second kappa shape index (κ2) is 7.69. The minimum absolute atomic E-state index is 0.202. The van der Waals surface area contributed by atoms with Crippen molar-refractivity contribution >= 4 is 27.9 Å². The zero-order chi connectivity index (χ0) is 15.1. The minimum atomic E-state index is -1.05. The first kappa shape index (κ1) is 16.2. The van der Waals surface area contributed by atoms with Gasteiger partial charge in [0.1, 0.15) is 6.54 Å². The quantitative estimate of drug-likeness (QED) is 0.809. The highest BCUT2D eigenvalue weighted by Crippen LogP contribution is 2.13. The normalized spacial score (nSPS) is 9.90. The van der Waals surface area contributed by atoms with Gasteiger partial charge in [0.25, 0.3) is 0 Å². The van der Waals surface area contributed by atoms with E-state index in [1.165, 1.54) is 15.9 Å². The van der Waals surface area contributed by atoms with Crippen LogP contribution >= 0.6 is 15.9 Å². The third kappa shape index (κ3) is 5.05. The summed E-state index contributed by atoms with van der Waals surface area (Å²) in [6.45, 7) is 3.80. The van der Waals surface area contributed by atoms with Crippen LogP contribution in [0.3, 0.4) is 0 Å². The second-order valence-electron chi connectivity index (χ2n) is 4.33. The standard InChI is InChI=1S/C14H17BrN2O3/c1-3-7-17(10-13(18)19)14(20)16(2)9-11-5-4-6-12(15)8-11/h3-6,8H,1,7,9-10H2,2H3,(H,18,19). The Morgan fingerprint density at radius 1 is 1.45 bits per heavy atom. The largest absolute Gasteiger partial charge is 0.480 e. The van der Waals surface area contributed by atoms with Gasteiger partial charge in [-0.15, -0.1) is 6.58 Å². The summed E-state index contributed by atoms with van der Waals surface area (Å²) in [6, 6.07) is 7.27. The van der Waals surface area contributed by atoms with Crippen LogP contribution in [0.2, 0.25) is 0 Å². The molecule has 6 heteroatoms. The van der Waals surface area contributed by atoms with Gasteiger partial charge in [-0.05, 0) is 17.7 Å². The number of rotatable bonds is 6. The number of nitrogens with zero attached hydrogens (tertiary/aromatic N) is 2. The van der Waals surface area contributed by atoms with Crippen molar-refractivity contribution in [1.29, 1.82) is 0 Å². The van der Waals surface area contributed by atoms with Crippen molar-refractivity contribution < 1.29 is 14.7 Å². The van der Waals surface area contributed by atoms with Gasteiger partial charge < -0.3 is 14.9 Å². The van der Waals surface area contributed by atoms with Crippen molar-refractivity contribution in [2.75, 3.05) is 20.1 Å². The summed E-state index contributed by atoms with van der Waals surface area (Å²) < 4.78 is 0.935. The lowest BCUT2D eigenvalue weighted by Crippen LogP contribution is -2.43. The van der Waals surface area contributed by atoms with E-state index in [1.54, 1.807) is 7.05 Å². The van der Waals surface area contributed by atoms with E-state index in [0.29, 0.717) is 6.54 Å². The van der Waals surface area contributed by atoms with Crippen LogP contribution in [0.15, 0.2) is 41.4 Å². The molecular formula is C14H17BrN2O3. The van der Waals surface area contributed by atoms with E-state index in [-0.39, 0.29) is 19.1 Å². The Balaban J connectivity index is 2.73. The molecule has 0 aliphatic carbocycles. The van der Waals surface area contributed by atoms with Crippen LogP contribution < -0.4 is 0 Å². The van der Waals surface area contributed by atoms with Crippen LogP contribution in [0.25, 0.3) is 0 Å². The summed E-state index contributed by atoms with van der Waals surface area (Å²) in [5.41, 5.74) is 0.962. The lowest BCUT2D eigenvalue weighted by Gasteiger charge is -2.26. The van der Waals surface area contributed by atoms with Crippen molar-refractivity contribution in [2.45, 2.75) is 6.54 Å². The molecule has 1 aromatic carbocycles. The first-order valence-electron chi connectivity index (χ1n) is 6.01. The van der Waals surface area contributed by atoms with Gasteiger partial charge in [0.2, 0.25) is 0 Å². The Morgan fingerprint density at radius 2 is 2.15 bits per heavy atom. The van der Waals surface area contributed by atoms with Gasteiger partial charge in [-0.3, -0.25) is 4.79 Å². The predicted molar refractivity (Wildman–Crippen MR) is 80.4 cm³/mol. The second-order valence-corrected chi connectivity index (χ2v) is 5.25. The molecule has 0 radical (unpaired) electrons. The molecule has 0 aliphatic rings. The molecule has 0 saturated heterocycles. The maximum Gasteiger partial charge on any atom is 0.323 e. The van der Waals surface area contributed by atoms with Crippen molar-refractivity contribution in [3.05, 3.63) is 47.0 Å². The van der Waals surface area contributed by atoms with E-state index in [1.807, 2.05) is 24.3 Å². The zero-order valence-corrected chi connectivity index (χ0v) is 12.8. The lowest BCUT2D eigenvalue weighted by molar-refractivity contribution is -0.137. The number of hydrogen-bond donors (Lipinski definition) is 1. The molecule has 2 amide bonds. The SMILES string of the molecule is C=CCN(CC(=O)O)C(=O)N(C)Cc1cccc(Br)c1. The van der Waals surface area contributed by atoms with Gasteiger partial charge in [-0.1, -0.05) is 34.1 Å². The highest BCUT2D eigenvalue weighted by molar-refractivity contribution is 9.10. The molecule has 1 rings (SSSR count). The summed E-state index contributed by atoms with van der Waals surface area (Å²) >= 11 is 3.37. The van der Waals surface area contributed by atoms with E-state index < -0.39 is 5.97 Å². The average Bonchev–Trinajstić information content (AvgIpc) is 2.36. The monoisotopic (exact) mass is 340 g/mol. The number of carboxylic acid groups (broad SMARTS) is 1. The van der Waals surface area contributed by atoms with Crippen molar-refractivity contribution in [3.8, 4) is 0 Å². The molecule has 0 aromatic heterocycles. The molecule has 1 N–H and O–H groups in total. The first-order chi connectivity index (χ1) is 9.43. The fraction of sp³-hybridized carbons (Fsp3) is 0.286. The van der Waals surface area contributed by atoms with Crippen LogP contribution in [-0.2, 0) is 11.3 Å². The zero-order valence-electron chi connectivity index (χ0n) is 11.3. The molecule has 0 heterocycles. The summed E-state index contributed by atoms with van der Waals surface area (Å²) in [5.74, 6) is -1.05. The number of halogens is 1. The van der Waals surface area contributed by atoms with Crippen LogP contribution in [0.1, 0.15) is 5.56 Å². The van der Waals surface area contributed by atoms with Crippen LogP contribution in [-0.4, -0.2) is 47.0 Å². The fourth-order valence-electron chi connectivity index (χ4n) is 1.75. The highest BCUT2D eigenvalue weighted by Gasteiger charge is 2.19. The van der Waals surface area contributed by atoms with Gasteiger partial charge in [0.15, 0.2) is 0 Å². The highest BCUT2D eigenvalue weighted by atomic mass is 79.9. The third-order valence-electron chi connectivity index (χ3n) is 2.58. The first-order valence-corrected chi connectivity index (χ1v) is 6.80. The van der Waals surface area contributed by atoms with E-state index in [0.717, 1.165) is 10.0 Å². The van der Waals surface area contributed by atoms with Gasteiger partial charge in [-0.2, -0.15) is 0 Å². The predicted octanol–water partition coefficient (Wildman–Crippen LogP) is 2.57. The van der Waals surface area contributed by atoms with Gasteiger partial charge >= 0.3 is 12.0 Å². The molecule has 0 saturated carbocycles. The van der Waals surface area contributed by atoms with Gasteiger partial charge in [0.05, 0.1) is 0 Å². The number of amides is 2. The smallest absolute Gasteiger partial charge is 0.323 e. The number of urea groups is 1. The van der Waals surface area contributed by atoms with Crippen molar-refractivity contribution in [3.63, 3.8) is 0 Å². The summed E-state index contributed by atoms with van der Waals surface area (Å²) in [7, 11) is 1.64. The average molecular weight is 341 g/mol. The number of benzene rings is 1. The Morgan fingerprint density at radius 3 is 2.70 bits per heavy atom. The summed E-state index contributed by atoms with van der Waals surface area (Å²) in [4.78, 5) is 25.7. The topological polar surface area (TPSA) is 60.9 Å². The van der Waals surface area contributed by atoms with E-state index in [9.17, 15) is 9.59 Å². The number of carboxylic acids is 1. The molecule has 0 unspecified atom stereocenters. The Bertz CT molecular complexity index is 505. The van der Waals surface area contributed by atoms with Crippen LogP contribution in [0.4, 0.5) is 4.79 Å². The summed E-state index contributed by atoms with van der Waals surface area (Å²) in [6.07, 6.45) is 1.51. The number of carbonyl (C=O) groups is 2. The molecule has 0 bridgehead atoms.